The maximum Gasteiger partial charge on any atom is 0.234 e. The molecule has 10 heteroatoms. The first kappa shape index (κ1) is 20.6. The maximum absolute atomic E-state index is 12.4. The van der Waals surface area contributed by atoms with Gasteiger partial charge in [-0.25, -0.2) is 0 Å². The molecule has 156 valence electrons. The fourth-order valence-corrected chi connectivity index (χ4v) is 3.98. The number of hydrogen-bond donors (Lipinski definition) is 1. The van der Waals surface area contributed by atoms with Crippen LogP contribution in [-0.2, 0) is 4.79 Å². The second-order valence-electron chi connectivity index (χ2n) is 7.02. The van der Waals surface area contributed by atoms with Crippen LogP contribution in [-0.4, -0.2) is 70.0 Å². The van der Waals surface area contributed by atoms with Crippen LogP contribution < -0.4 is 10.2 Å². The number of piperazine rings is 1. The number of aromatic nitrogens is 4. The van der Waals surface area contributed by atoms with E-state index in [4.69, 9.17) is 11.6 Å². The van der Waals surface area contributed by atoms with E-state index in [0.717, 1.165) is 37.6 Å². The van der Waals surface area contributed by atoms with Crippen molar-refractivity contribution in [1.82, 2.24) is 25.1 Å². The normalized spacial score (nSPS) is 14.7. The largest absolute Gasteiger partial charge is 0.369 e. The van der Waals surface area contributed by atoms with Gasteiger partial charge in [-0.1, -0.05) is 23.4 Å². The van der Waals surface area contributed by atoms with E-state index >= 15 is 0 Å². The lowest BCUT2D eigenvalue weighted by molar-refractivity contribution is -0.113. The molecule has 1 saturated heterocycles. The molecule has 1 aromatic heterocycles. The third kappa shape index (κ3) is 5.10. The van der Waals surface area contributed by atoms with Crippen molar-refractivity contribution in [2.45, 2.75) is 5.16 Å². The number of anilines is 2. The number of likely N-dealkylation sites (N-methyl/N-ethyl adjacent to an activating group) is 1. The minimum atomic E-state index is -0.113. The van der Waals surface area contributed by atoms with E-state index < -0.39 is 0 Å². The van der Waals surface area contributed by atoms with Crippen molar-refractivity contribution in [2.24, 2.45) is 0 Å². The Balaban J connectivity index is 1.31. The van der Waals surface area contributed by atoms with Crippen molar-refractivity contribution in [3.8, 4) is 5.69 Å². The number of amides is 1. The lowest BCUT2D eigenvalue weighted by Gasteiger charge is -2.34. The molecule has 1 fully saturated rings. The topological polar surface area (TPSA) is 79.2 Å². The molecule has 1 amide bonds. The van der Waals surface area contributed by atoms with Crippen molar-refractivity contribution in [3.05, 3.63) is 53.6 Å². The molecule has 4 rings (SSSR count). The Morgan fingerprint density at radius 2 is 1.70 bits per heavy atom. The predicted molar refractivity (Wildman–Crippen MR) is 120 cm³/mol. The number of carbonyl (C=O) groups excluding carboxylic acids is 1. The minimum absolute atomic E-state index is 0.113. The van der Waals surface area contributed by atoms with E-state index in [2.05, 4.69) is 49.8 Å². The van der Waals surface area contributed by atoms with Gasteiger partial charge in [0.25, 0.3) is 0 Å². The van der Waals surface area contributed by atoms with Crippen molar-refractivity contribution in [2.75, 3.05) is 49.2 Å². The number of thioether (sulfide) groups is 1. The molecular weight excluding hydrogens is 422 g/mol. The van der Waals surface area contributed by atoms with Crippen molar-refractivity contribution < 1.29 is 4.79 Å². The molecule has 0 bridgehead atoms. The van der Waals surface area contributed by atoms with Gasteiger partial charge in [-0.15, -0.1) is 5.10 Å². The Kier molecular flexibility index (Phi) is 6.51. The highest BCUT2D eigenvalue weighted by atomic mass is 35.5. The standard InChI is InChI=1S/C20H22ClN7OS/c1-26-10-12-27(13-11-26)17-8-4-16(5-9-17)22-19(29)14-30-20-23-24-25-28(20)18-6-2-15(21)3-7-18/h2-9H,10-14H2,1H3,(H,22,29). The highest BCUT2D eigenvalue weighted by Gasteiger charge is 2.15. The van der Waals surface area contributed by atoms with Gasteiger partial charge in [-0.2, -0.15) is 4.68 Å². The molecule has 0 unspecified atom stereocenters. The van der Waals surface area contributed by atoms with E-state index in [1.807, 2.05) is 24.3 Å². The van der Waals surface area contributed by atoms with E-state index in [9.17, 15) is 4.79 Å². The SMILES string of the molecule is CN1CCN(c2ccc(NC(=O)CSc3nnnn3-c3ccc(Cl)cc3)cc2)CC1. The molecule has 1 aliphatic rings. The molecule has 0 saturated carbocycles. The third-order valence-corrected chi connectivity index (χ3v) is 6.04. The lowest BCUT2D eigenvalue weighted by Crippen LogP contribution is -2.44. The quantitative estimate of drug-likeness (QED) is 0.587. The number of halogens is 1. The molecule has 0 spiro atoms. The van der Waals surface area contributed by atoms with Crippen LogP contribution in [0.15, 0.2) is 53.7 Å². The van der Waals surface area contributed by atoms with Gasteiger partial charge < -0.3 is 15.1 Å². The molecule has 1 aliphatic heterocycles. The molecular formula is C20H22ClN7OS. The van der Waals surface area contributed by atoms with E-state index in [1.165, 1.54) is 17.4 Å². The third-order valence-electron chi connectivity index (χ3n) is 4.86. The summed E-state index contributed by atoms with van der Waals surface area (Å²) in [5, 5.41) is 15.8. The van der Waals surface area contributed by atoms with Crippen molar-refractivity contribution in [1.29, 1.82) is 0 Å². The number of tetrazole rings is 1. The van der Waals surface area contributed by atoms with Crippen LogP contribution >= 0.6 is 23.4 Å². The van der Waals surface area contributed by atoms with Gasteiger partial charge in [-0.3, -0.25) is 4.79 Å². The summed E-state index contributed by atoms with van der Waals surface area (Å²) in [6.07, 6.45) is 0. The summed E-state index contributed by atoms with van der Waals surface area (Å²) in [5.74, 6) is 0.0896. The number of carbonyl (C=O) groups is 1. The van der Waals surface area contributed by atoms with E-state index in [1.54, 1.807) is 16.8 Å². The molecule has 8 nitrogen and oxygen atoms in total. The van der Waals surface area contributed by atoms with Crippen LogP contribution in [0.25, 0.3) is 5.69 Å². The van der Waals surface area contributed by atoms with Gasteiger partial charge in [-0.05, 0) is 66.0 Å². The summed E-state index contributed by atoms with van der Waals surface area (Å²) in [4.78, 5) is 17.1. The second-order valence-corrected chi connectivity index (χ2v) is 8.40. The Bertz CT molecular complexity index is 985. The van der Waals surface area contributed by atoms with Gasteiger partial charge in [0.1, 0.15) is 0 Å². The molecule has 2 heterocycles. The maximum atomic E-state index is 12.4. The first-order valence-electron chi connectivity index (χ1n) is 9.59. The Labute approximate surface area is 184 Å². The molecule has 3 aromatic rings. The summed E-state index contributed by atoms with van der Waals surface area (Å²) < 4.78 is 1.58. The Hall–Kier alpha value is -2.62. The van der Waals surface area contributed by atoms with Crippen LogP contribution in [0.3, 0.4) is 0 Å². The summed E-state index contributed by atoms with van der Waals surface area (Å²) in [6, 6.07) is 15.2. The average Bonchev–Trinajstić information content (AvgIpc) is 3.23. The first-order valence-corrected chi connectivity index (χ1v) is 11.0. The predicted octanol–water partition coefficient (Wildman–Crippen LogP) is 2.80. The zero-order valence-electron chi connectivity index (χ0n) is 16.5. The highest BCUT2D eigenvalue weighted by Crippen LogP contribution is 2.22. The summed E-state index contributed by atoms with van der Waals surface area (Å²) >= 11 is 7.20. The number of rotatable bonds is 6. The van der Waals surface area contributed by atoms with Gasteiger partial charge in [0.2, 0.25) is 11.1 Å². The number of nitrogens with one attached hydrogen (secondary N) is 1. The lowest BCUT2D eigenvalue weighted by atomic mass is 10.2. The Morgan fingerprint density at radius 3 is 2.40 bits per heavy atom. The van der Waals surface area contributed by atoms with Crippen LogP contribution in [0.1, 0.15) is 0 Å². The highest BCUT2D eigenvalue weighted by molar-refractivity contribution is 7.99. The van der Waals surface area contributed by atoms with Gasteiger partial charge >= 0.3 is 0 Å². The molecule has 30 heavy (non-hydrogen) atoms. The van der Waals surface area contributed by atoms with Gasteiger partial charge in [0.05, 0.1) is 11.4 Å². The molecule has 2 aromatic carbocycles. The fraction of sp³-hybridized carbons (Fsp3) is 0.300. The van der Waals surface area contributed by atoms with Crippen LogP contribution in [0.2, 0.25) is 5.02 Å². The van der Waals surface area contributed by atoms with Gasteiger partial charge in [0.15, 0.2) is 0 Å². The van der Waals surface area contributed by atoms with Crippen LogP contribution in [0.5, 0.6) is 0 Å². The van der Waals surface area contributed by atoms with E-state index in [-0.39, 0.29) is 11.7 Å². The van der Waals surface area contributed by atoms with Crippen molar-refractivity contribution in [3.63, 3.8) is 0 Å². The fourth-order valence-electron chi connectivity index (χ4n) is 3.16. The Morgan fingerprint density at radius 1 is 1.03 bits per heavy atom. The second kappa shape index (κ2) is 9.46. The minimum Gasteiger partial charge on any atom is -0.369 e. The number of hydrogen-bond acceptors (Lipinski definition) is 7. The molecule has 0 aliphatic carbocycles. The zero-order valence-corrected chi connectivity index (χ0v) is 18.1. The van der Waals surface area contributed by atoms with Crippen LogP contribution in [0, 0.1) is 0 Å². The summed E-state index contributed by atoms with van der Waals surface area (Å²) in [7, 11) is 2.14. The van der Waals surface area contributed by atoms with E-state index in [0.29, 0.717) is 10.2 Å². The summed E-state index contributed by atoms with van der Waals surface area (Å²) in [6.45, 7) is 4.15. The molecule has 0 atom stereocenters. The molecule has 1 N–H and O–H groups in total. The first-order chi connectivity index (χ1) is 14.6. The molecule has 0 radical (unpaired) electrons. The van der Waals surface area contributed by atoms with Crippen molar-refractivity contribution >= 4 is 40.6 Å². The van der Waals surface area contributed by atoms with Gasteiger partial charge in [0, 0.05) is 42.6 Å². The number of benzene rings is 2. The zero-order chi connectivity index (χ0) is 20.9. The number of nitrogens with zero attached hydrogens (tertiary/aromatic N) is 6. The average molecular weight is 444 g/mol. The monoisotopic (exact) mass is 443 g/mol. The smallest absolute Gasteiger partial charge is 0.234 e. The van der Waals surface area contributed by atoms with Crippen LogP contribution in [0.4, 0.5) is 11.4 Å². The summed E-state index contributed by atoms with van der Waals surface area (Å²) in [5.41, 5.74) is 2.74.